The van der Waals surface area contributed by atoms with Crippen LogP contribution in [0.15, 0.2) is 74.4 Å². The van der Waals surface area contributed by atoms with E-state index in [1.165, 1.54) is 38.2 Å². The summed E-state index contributed by atoms with van der Waals surface area (Å²) >= 11 is 0. The molecular formula is C39H46N12O5. The molecule has 17 nitrogen and oxygen atoms in total. The molecule has 0 spiro atoms. The number of nitrogens with zero attached hydrogens (tertiary/aromatic N) is 8. The molecule has 10 rings (SSSR count). The Bertz CT molecular complexity index is 2320. The number of hydrogen-bond donors (Lipinski definition) is 4. The van der Waals surface area contributed by atoms with Crippen LogP contribution >= 0.6 is 0 Å². The van der Waals surface area contributed by atoms with Gasteiger partial charge in [-0.05, 0) is 55.9 Å². The first kappa shape index (κ1) is 37.9. The Morgan fingerprint density at radius 3 is 1.45 bits per heavy atom. The molecule has 2 aliphatic rings. The van der Waals surface area contributed by atoms with E-state index in [2.05, 4.69) is 73.7 Å². The van der Waals surface area contributed by atoms with Gasteiger partial charge in [0.05, 0.1) is 54.6 Å². The topological polar surface area (TPSA) is 212 Å². The molecule has 0 amide bonds. The van der Waals surface area contributed by atoms with E-state index in [9.17, 15) is 0 Å². The number of aromatic amines is 4. The Morgan fingerprint density at radius 2 is 1.00 bits per heavy atom. The zero-order valence-corrected chi connectivity index (χ0v) is 31.6. The van der Waals surface area contributed by atoms with Gasteiger partial charge in [0.1, 0.15) is 54.0 Å². The van der Waals surface area contributed by atoms with Gasteiger partial charge in [0.2, 0.25) is 23.5 Å². The SMILES string of the molecule is CC(C)COc1ncnc2[nH]ccc12.CCOc1ncnc2[nH]ccc12.c1nc(OC2CCOCC2)c2cc[nH]c2n1.c1nc(OCC2CC2)c2cc[nH]c2n1. The minimum atomic E-state index is 0.210. The van der Waals surface area contributed by atoms with E-state index in [1.807, 2.05) is 56.0 Å². The zero-order chi connectivity index (χ0) is 38.5. The van der Waals surface area contributed by atoms with Crippen molar-refractivity contribution in [3.8, 4) is 23.5 Å². The maximum Gasteiger partial charge on any atom is 0.226 e. The number of nitrogens with one attached hydrogen (secondary N) is 4. The van der Waals surface area contributed by atoms with Gasteiger partial charge in [-0.3, -0.25) is 0 Å². The molecule has 1 aliphatic heterocycles. The number of H-pyrrole nitrogens is 4. The van der Waals surface area contributed by atoms with Crippen LogP contribution in [0.25, 0.3) is 44.1 Å². The molecule has 1 saturated carbocycles. The van der Waals surface area contributed by atoms with Gasteiger partial charge in [0, 0.05) is 37.6 Å². The lowest BCUT2D eigenvalue weighted by Gasteiger charge is -2.22. The molecule has 1 saturated heterocycles. The van der Waals surface area contributed by atoms with Crippen molar-refractivity contribution in [3.05, 3.63) is 74.4 Å². The summed E-state index contributed by atoms with van der Waals surface area (Å²) in [6.45, 7) is 9.77. The zero-order valence-electron chi connectivity index (χ0n) is 31.6. The molecule has 0 bridgehead atoms. The van der Waals surface area contributed by atoms with Gasteiger partial charge in [0.25, 0.3) is 0 Å². The largest absolute Gasteiger partial charge is 0.477 e. The Hall–Kier alpha value is -6.36. The fraction of sp³-hybridized carbons (Fsp3) is 0.385. The van der Waals surface area contributed by atoms with Crippen molar-refractivity contribution in [3.63, 3.8) is 0 Å². The summed E-state index contributed by atoms with van der Waals surface area (Å²) in [5.41, 5.74) is 3.29. The summed E-state index contributed by atoms with van der Waals surface area (Å²) in [6.07, 6.45) is 18.0. The highest BCUT2D eigenvalue weighted by molar-refractivity contribution is 5.82. The van der Waals surface area contributed by atoms with E-state index in [-0.39, 0.29) is 6.10 Å². The van der Waals surface area contributed by atoms with Crippen LogP contribution in [0, 0.1) is 11.8 Å². The van der Waals surface area contributed by atoms with Crippen LogP contribution in [0.5, 0.6) is 23.5 Å². The Labute approximate surface area is 322 Å². The van der Waals surface area contributed by atoms with E-state index in [0.29, 0.717) is 42.7 Å². The first-order valence-electron chi connectivity index (χ1n) is 18.8. The predicted molar refractivity (Wildman–Crippen MR) is 210 cm³/mol. The molecule has 0 radical (unpaired) electrons. The average molecular weight is 763 g/mol. The predicted octanol–water partition coefficient (Wildman–Crippen LogP) is 6.61. The minimum absolute atomic E-state index is 0.210. The van der Waals surface area contributed by atoms with Gasteiger partial charge < -0.3 is 43.6 Å². The maximum absolute atomic E-state index is 5.88. The monoisotopic (exact) mass is 762 g/mol. The number of fused-ring (bicyclic) bond motifs is 4. The highest BCUT2D eigenvalue weighted by Gasteiger charge is 2.22. The smallest absolute Gasteiger partial charge is 0.226 e. The Morgan fingerprint density at radius 1 is 0.571 bits per heavy atom. The second kappa shape index (κ2) is 18.8. The number of rotatable bonds is 10. The molecule has 0 aromatic carbocycles. The third-order valence-corrected chi connectivity index (χ3v) is 8.70. The summed E-state index contributed by atoms with van der Waals surface area (Å²) < 4.78 is 27.7. The molecule has 8 aromatic heterocycles. The third-order valence-electron chi connectivity index (χ3n) is 8.70. The molecule has 2 fully saturated rings. The lowest BCUT2D eigenvalue weighted by Crippen LogP contribution is -2.26. The summed E-state index contributed by atoms with van der Waals surface area (Å²) in [4.78, 5) is 44.8. The van der Waals surface area contributed by atoms with Crippen molar-refractivity contribution in [1.29, 1.82) is 0 Å². The average Bonchev–Trinajstić information content (AvgIpc) is 3.71. The fourth-order valence-electron chi connectivity index (χ4n) is 5.65. The minimum Gasteiger partial charge on any atom is -0.477 e. The van der Waals surface area contributed by atoms with Gasteiger partial charge in [-0.1, -0.05) is 13.8 Å². The number of ether oxygens (including phenoxy) is 5. The number of hydrogen-bond acceptors (Lipinski definition) is 13. The van der Waals surface area contributed by atoms with Crippen molar-refractivity contribution in [2.75, 3.05) is 33.0 Å². The van der Waals surface area contributed by atoms with Crippen molar-refractivity contribution in [2.24, 2.45) is 11.8 Å². The van der Waals surface area contributed by atoms with E-state index in [4.69, 9.17) is 23.7 Å². The van der Waals surface area contributed by atoms with Crippen LogP contribution in [-0.4, -0.2) is 98.9 Å². The van der Waals surface area contributed by atoms with Crippen molar-refractivity contribution in [2.45, 2.75) is 52.6 Å². The van der Waals surface area contributed by atoms with E-state index < -0.39 is 0 Å². The van der Waals surface area contributed by atoms with E-state index in [0.717, 1.165) is 82.7 Å². The first-order valence-corrected chi connectivity index (χ1v) is 18.8. The summed E-state index contributed by atoms with van der Waals surface area (Å²) in [5, 5.41) is 3.77. The van der Waals surface area contributed by atoms with Crippen molar-refractivity contribution >= 4 is 44.1 Å². The van der Waals surface area contributed by atoms with Crippen LogP contribution in [0.4, 0.5) is 0 Å². The van der Waals surface area contributed by atoms with E-state index >= 15 is 0 Å². The normalized spacial score (nSPS) is 14.1. The molecule has 292 valence electrons. The van der Waals surface area contributed by atoms with Gasteiger partial charge in [-0.25, -0.2) is 39.9 Å². The van der Waals surface area contributed by atoms with Crippen LogP contribution in [0.2, 0.25) is 0 Å². The highest BCUT2D eigenvalue weighted by atomic mass is 16.5. The van der Waals surface area contributed by atoms with Crippen LogP contribution in [0.3, 0.4) is 0 Å². The Balaban J connectivity index is 0.000000115. The molecule has 56 heavy (non-hydrogen) atoms. The third kappa shape index (κ3) is 10.0. The molecule has 17 heteroatoms. The lowest BCUT2D eigenvalue weighted by atomic mass is 10.1. The van der Waals surface area contributed by atoms with Crippen LogP contribution in [0.1, 0.15) is 46.5 Å². The lowest BCUT2D eigenvalue weighted by molar-refractivity contribution is 0.0244. The van der Waals surface area contributed by atoms with Gasteiger partial charge >= 0.3 is 0 Å². The quantitative estimate of drug-likeness (QED) is 0.116. The molecular weight excluding hydrogens is 717 g/mol. The Kier molecular flexibility index (Phi) is 12.7. The van der Waals surface area contributed by atoms with Crippen LogP contribution < -0.4 is 18.9 Å². The van der Waals surface area contributed by atoms with E-state index in [1.54, 1.807) is 0 Å². The molecule has 4 N–H and O–H groups in total. The fourth-order valence-corrected chi connectivity index (χ4v) is 5.65. The second-order valence-electron chi connectivity index (χ2n) is 13.5. The molecule has 9 heterocycles. The van der Waals surface area contributed by atoms with Crippen LogP contribution in [-0.2, 0) is 4.74 Å². The molecule has 8 aromatic rings. The summed E-state index contributed by atoms with van der Waals surface area (Å²) in [5.74, 6) is 3.91. The molecule has 0 atom stereocenters. The van der Waals surface area contributed by atoms with Gasteiger partial charge in [0.15, 0.2) is 0 Å². The standard InChI is InChI=1S/C11H13N3O2.C10H11N3O.C10H13N3O.C8H9N3O/c1-4-12-10-9(1)11(14-7-13-10)16-8-2-5-15-6-3-8;1-2-7(1)5-14-10-8-3-4-11-9(8)12-6-13-10;1-7(2)5-14-10-8-3-4-11-9(8)12-6-13-10;1-2-12-8-6-3-4-9-7(6)10-5-11-8/h1,4,7-8H,2-3,5-6H2,(H,12,13,14);3-4,6-7H,1-2,5H2,(H,11,12,13);3-4,6-7H,5H2,1-2H3,(H,11,12,13);3-5H,2H2,1H3,(H,9,10,11). The van der Waals surface area contributed by atoms with Gasteiger partial charge in [-0.2, -0.15) is 0 Å². The van der Waals surface area contributed by atoms with Crippen molar-refractivity contribution < 1.29 is 23.7 Å². The number of aromatic nitrogens is 12. The first-order chi connectivity index (χ1) is 27.6. The summed E-state index contributed by atoms with van der Waals surface area (Å²) in [6, 6.07) is 7.70. The highest BCUT2D eigenvalue weighted by Crippen LogP contribution is 2.30. The molecule has 0 unspecified atom stereocenters. The molecule has 1 aliphatic carbocycles. The van der Waals surface area contributed by atoms with Crippen molar-refractivity contribution in [1.82, 2.24) is 59.8 Å². The second-order valence-corrected chi connectivity index (χ2v) is 13.5. The summed E-state index contributed by atoms with van der Waals surface area (Å²) in [7, 11) is 0. The maximum atomic E-state index is 5.88. The van der Waals surface area contributed by atoms with Gasteiger partial charge in [-0.15, -0.1) is 0 Å².